The Morgan fingerprint density at radius 3 is 2.71 bits per heavy atom. The normalized spacial score (nSPS) is 16.6. The maximum atomic E-state index is 12.0. The molecule has 0 atom stereocenters. The Morgan fingerprint density at radius 2 is 2.10 bits per heavy atom. The number of likely N-dealkylation sites (N-methyl/N-ethyl adjacent to an activating group) is 1. The monoisotopic (exact) mass is 306 g/mol. The zero-order chi connectivity index (χ0) is 15.1. The highest BCUT2D eigenvalue weighted by atomic mass is 32.1. The van der Waals surface area contributed by atoms with Crippen molar-refractivity contribution in [3.63, 3.8) is 0 Å². The van der Waals surface area contributed by atoms with Crippen LogP contribution >= 0.6 is 11.3 Å². The van der Waals surface area contributed by atoms with Gasteiger partial charge in [0, 0.05) is 51.2 Å². The molecular weight excluding hydrogens is 284 g/mol. The zero-order valence-corrected chi connectivity index (χ0v) is 13.3. The molecular formula is C15H22N4OS. The quantitative estimate of drug-likeness (QED) is 0.793. The van der Waals surface area contributed by atoms with Crippen LogP contribution in [0.1, 0.15) is 11.3 Å². The molecule has 1 aromatic heterocycles. The van der Waals surface area contributed by atoms with Crippen LogP contribution in [0.25, 0.3) is 0 Å². The van der Waals surface area contributed by atoms with Gasteiger partial charge in [-0.15, -0.1) is 11.3 Å². The van der Waals surface area contributed by atoms with Crippen LogP contribution in [0.4, 0.5) is 0 Å². The number of hydrogen-bond acceptors (Lipinski definition) is 5. The molecule has 5 nitrogen and oxygen atoms in total. The Kier molecular flexibility index (Phi) is 6.18. The lowest BCUT2D eigenvalue weighted by Gasteiger charge is -2.34. The number of carbonyl (C=O) groups excluding carboxylic acids is 1. The highest BCUT2D eigenvalue weighted by molar-refractivity contribution is 7.09. The molecule has 0 unspecified atom stereocenters. The summed E-state index contributed by atoms with van der Waals surface area (Å²) in [6, 6.07) is 6.33. The van der Waals surface area contributed by atoms with Gasteiger partial charge in [0.25, 0.3) is 0 Å². The molecule has 0 aromatic carbocycles. The Hall–Kier alpha value is -1.42. The minimum atomic E-state index is 0.108. The third-order valence-corrected chi connectivity index (χ3v) is 4.63. The molecule has 1 saturated heterocycles. The SMILES string of the molecule is CN(CCC#N)C(=O)CN1CCN(Cc2cccs2)CC1. The average molecular weight is 306 g/mol. The number of piperazine rings is 1. The predicted octanol–water partition coefficient (Wildman–Crippen LogP) is 1.24. The summed E-state index contributed by atoms with van der Waals surface area (Å²) in [6.07, 6.45) is 0.400. The van der Waals surface area contributed by atoms with Gasteiger partial charge >= 0.3 is 0 Å². The van der Waals surface area contributed by atoms with Crippen LogP contribution < -0.4 is 0 Å². The Bertz CT molecular complexity index is 474. The van der Waals surface area contributed by atoms with Crippen LogP contribution in [0.5, 0.6) is 0 Å². The highest BCUT2D eigenvalue weighted by Gasteiger charge is 2.20. The van der Waals surface area contributed by atoms with E-state index in [9.17, 15) is 4.79 Å². The molecule has 0 spiro atoms. The standard InChI is InChI=1S/C15H22N4OS/c1-17(6-3-5-16)15(20)13-19-9-7-18(8-10-19)12-14-4-2-11-21-14/h2,4,11H,3,6-10,12-13H2,1H3. The van der Waals surface area contributed by atoms with E-state index < -0.39 is 0 Å². The smallest absolute Gasteiger partial charge is 0.236 e. The average Bonchev–Trinajstić information content (AvgIpc) is 2.99. The summed E-state index contributed by atoms with van der Waals surface area (Å²) in [5.74, 6) is 0.108. The maximum Gasteiger partial charge on any atom is 0.236 e. The van der Waals surface area contributed by atoms with Crippen LogP contribution in [0.2, 0.25) is 0 Å². The zero-order valence-electron chi connectivity index (χ0n) is 12.5. The molecule has 1 fully saturated rings. The molecule has 0 saturated carbocycles. The lowest BCUT2D eigenvalue weighted by Crippen LogP contribution is -2.49. The topological polar surface area (TPSA) is 50.6 Å². The van der Waals surface area contributed by atoms with Gasteiger partial charge < -0.3 is 4.90 Å². The first kappa shape index (κ1) is 16.0. The van der Waals surface area contributed by atoms with Gasteiger partial charge in [0.2, 0.25) is 5.91 Å². The molecule has 1 amide bonds. The van der Waals surface area contributed by atoms with Gasteiger partial charge in [-0.05, 0) is 11.4 Å². The van der Waals surface area contributed by atoms with Gasteiger partial charge in [-0.1, -0.05) is 6.07 Å². The van der Waals surface area contributed by atoms with Crippen molar-refractivity contribution in [1.82, 2.24) is 14.7 Å². The first-order valence-electron chi connectivity index (χ1n) is 7.27. The van der Waals surface area contributed by atoms with E-state index in [1.54, 1.807) is 23.3 Å². The maximum absolute atomic E-state index is 12.0. The molecule has 0 radical (unpaired) electrons. The minimum Gasteiger partial charge on any atom is -0.344 e. The van der Waals surface area contributed by atoms with Crippen molar-refractivity contribution in [2.24, 2.45) is 0 Å². The van der Waals surface area contributed by atoms with Crippen molar-refractivity contribution in [2.75, 3.05) is 46.3 Å². The van der Waals surface area contributed by atoms with Crippen LogP contribution in [0.15, 0.2) is 17.5 Å². The second-order valence-corrected chi connectivity index (χ2v) is 6.39. The number of amides is 1. The lowest BCUT2D eigenvalue weighted by atomic mass is 10.3. The third kappa shape index (κ3) is 5.12. The largest absolute Gasteiger partial charge is 0.344 e. The Balaban J connectivity index is 1.69. The van der Waals surface area contributed by atoms with E-state index in [0.717, 1.165) is 32.7 Å². The van der Waals surface area contributed by atoms with E-state index in [1.165, 1.54) is 4.88 Å². The van der Waals surface area contributed by atoms with E-state index in [4.69, 9.17) is 5.26 Å². The summed E-state index contributed by atoms with van der Waals surface area (Å²) in [4.78, 5) is 19.7. The molecule has 1 aliphatic rings. The first-order chi connectivity index (χ1) is 10.2. The summed E-state index contributed by atoms with van der Waals surface area (Å²) in [5, 5.41) is 10.7. The van der Waals surface area contributed by atoms with Crippen LogP contribution in [-0.4, -0.2) is 66.9 Å². The van der Waals surface area contributed by atoms with Crippen molar-refractivity contribution >= 4 is 17.2 Å². The molecule has 1 aliphatic heterocycles. The fraction of sp³-hybridized carbons (Fsp3) is 0.600. The van der Waals surface area contributed by atoms with Crippen molar-refractivity contribution in [3.8, 4) is 6.07 Å². The van der Waals surface area contributed by atoms with Gasteiger partial charge in [0.15, 0.2) is 0 Å². The number of rotatable bonds is 6. The Labute approximate surface area is 130 Å². The number of thiophene rings is 1. The van der Waals surface area contributed by atoms with Gasteiger partial charge in [-0.25, -0.2) is 0 Å². The summed E-state index contributed by atoms with van der Waals surface area (Å²) >= 11 is 1.80. The molecule has 0 N–H and O–H groups in total. The van der Waals surface area contributed by atoms with E-state index in [0.29, 0.717) is 19.5 Å². The van der Waals surface area contributed by atoms with Gasteiger partial charge in [-0.3, -0.25) is 14.6 Å². The number of nitrogens with zero attached hydrogens (tertiary/aromatic N) is 4. The highest BCUT2D eigenvalue weighted by Crippen LogP contribution is 2.13. The molecule has 114 valence electrons. The summed E-state index contributed by atoms with van der Waals surface area (Å²) in [6.45, 7) is 5.89. The van der Waals surface area contributed by atoms with E-state index in [-0.39, 0.29) is 5.91 Å². The second kappa shape index (κ2) is 8.13. The molecule has 0 bridgehead atoms. The molecule has 1 aromatic rings. The van der Waals surface area contributed by atoms with E-state index >= 15 is 0 Å². The van der Waals surface area contributed by atoms with E-state index in [2.05, 4.69) is 33.4 Å². The van der Waals surface area contributed by atoms with Gasteiger partial charge in [0.05, 0.1) is 19.0 Å². The van der Waals surface area contributed by atoms with Crippen molar-refractivity contribution in [3.05, 3.63) is 22.4 Å². The lowest BCUT2D eigenvalue weighted by molar-refractivity contribution is -0.131. The first-order valence-corrected chi connectivity index (χ1v) is 8.15. The van der Waals surface area contributed by atoms with Crippen LogP contribution in [0.3, 0.4) is 0 Å². The van der Waals surface area contributed by atoms with Crippen LogP contribution in [0, 0.1) is 11.3 Å². The van der Waals surface area contributed by atoms with Crippen LogP contribution in [-0.2, 0) is 11.3 Å². The van der Waals surface area contributed by atoms with Crippen molar-refractivity contribution in [2.45, 2.75) is 13.0 Å². The molecule has 21 heavy (non-hydrogen) atoms. The summed E-state index contributed by atoms with van der Waals surface area (Å²) in [7, 11) is 1.77. The number of hydrogen-bond donors (Lipinski definition) is 0. The summed E-state index contributed by atoms with van der Waals surface area (Å²) in [5.41, 5.74) is 0. The molecule has 2 rings (SSSR count). The fourth-order valence-electron chi connectivity index (χ4n) is 2.38. The molecule has 0 aliphatic carbocycles. The second-order valence-electron chi connectivity index (χ2n) is 5.36. The minimum absolute atomic E-state index is 0.108. The van der Waals surface area contributed by atoms with Crippen molar-refractivity contribution in [1.29, 1.82) is 5.26 Å². The van der Waals surface area contributed by atoms with Gasteiger partial charge in [0.1, 0.15) is 0 Å². The van der Waals surface area contributed by atoms with Gasteiger partial charge in [-0.2, -0.15) is 5.26 Å². The Morgan fingerprint density at radius 1 is 1.38 bits per heavy atom. The number of nitriles is 1. The van der Waals surface area contributed by atoms with E-state index in [1.807, 2.05) is 0 Å². The summed E-state index contributed by atoms with van der Waals surface area (Å²) < 4.78 is 0. The third-order valence-electron chi connectivity index (χ3n) is 3.77. The number of carbonyl (C=O) groups is 1. The predicted molar refractivity (Wildman–Crippen MR) is 83.9 cm³/mol. The fourth-order valence-corrected chi connectivity index (χ4v) is 3.13. The molecule has 6 heteroatoms. The molecule has 2 heterocycles. The van der Waals surface area contributed by atoms with Crippen molar-refractivity contribution < 1.29 is 4.79 Å².